The zero-order valence-corrected chi connectivity index (χ0v) is 25.7. The summed E-state index contributed by atoms with van der Waals surface area (Å²) in [5, 5.41) is 7.15. The van der Waals surface area contributed by atoms with E-state index < -0.39 is 0 Å². The molecule has 0 radical (unpaired) electrons. The zero-order chi connectivity index (χ0) is 25.8. The molecule has 39 heavy (non-hydrogen) atoms. The minimum Gasteiger partial charge on any atom is -0.245 e. The van der Waals surface area contributed by atoms with Gasteiger partial charge in [-0.3, -0.25) is 0 Å². The molecule has 0 N–H and O–H groups in total. The Kier molecular flexibility index (Phi) is 6.18. The molecular formula is C30H16N2S7. The van der Waals surface area contributed by atoms with E-state index in [1.54, 1.807) is 22.7 Å². The molecule has 0 aliphatic heterocycles. The molecule has 10 rings (SSSR count). The molecule has 0 aliphatic carbocycles. The van der Waals surface area contributed by atoms with Crippen LogP contribution in [0.4, 0.5) is 0 Å². The van der Waals surface area contributed by atoms with Gasteiger partial charge in [-0.05, 0) is 47.2 Å². The van der Waals surface area contributed by atoms with Crippen molar-refractivity contribution in [3.8, 4) is 0 Å². The molecular weight excluding hydrogens is 613 g/mol. The van der Waals surface area contributed by atoms with E-state index >= 15 is 0 Å². The van der Waals surface area contributed by atoms with Crippen molar-refractivity contribution in [1.29, 1.82) is 0 Å². The second kappa shape index (κ2) is 10.0. The molecule has 0 saturated heterocycles. The molecule has 0 aliphatic rings. The molecule has 2 nitrogen and oxygen atoms in total. The average Bonchev–Trinajstić information content (AvgIpc) is 3.78. The molecule has 10 aromatic rings. The van der Waals surface area contributed by atoms with Crippen LogP contribution < -0.4 is 0 Å². The molecule has 0 unspecified atom stereocenters. The zero-order valence-electron chi connectivity index (χ0n) is 20.0. The number of benzene rings is 3. The molecule has 0 atom stereocenters. The predicted molar refractivity (Wildman–Crippen MR) is 183 cm³/mol. The van der Waals surface area contributed by atoms with E-state index in [2.05, 4.69) is 93.5 Å². The number of thiophene rings is 5. The van der Waals surface area contributed by atoms with E-state index in [-0.39, 0.29) is 0 Å². The molecule has 0 spiro atoms. The van der Waals surface area contributed by atoms with Crippen LogP contribution in [-0.2, 0) is 0 Å². The highest BCUT2D eigenvalue weighted by atomic mass is 32.1. The Labute approximate surface area is 250 Å². The third-order valence-corrected chi connectivity index (χ3v) is 13.9. The van der Waals surface area contributed by atoms with Crippen LogP contribution in [0.3, 0.4) is 0 Å². The van der Waals surface area contributed by atoms with E-state index in [4.69, 9.17) is 0 Å². The minimum absolute atomic E-state index is 1.08. The number of fused-ring (bicyclic) bond motifs is 10. The summed E-state index contributed by atoms with van der Waals surface area (Å²) in [7, 11) is 0. The van der Waals surface area contributed by atoms with Gasteiger partial charge in [-0.1, -0.05) is 36.4 Å². The lowest BCUT2D eigenvalue weighted by molar-refractivity contribution is 1.49. The maximum absolute atomic E-state index is 4.25. The third-order valence-electron chi connectivity index (χ3n) is 6.36. The van der Waals surface area contributed by atoms with Gasteiger partial charge in [-0.25, -0.2) is 9.97 Å². The SMILES string of the molecule is c1cc2sc3ccsc3c2s1.c1ccc2c(c1)sc1c3ccccc3sc21.c1nc2cc3scnc3cc2s1. The standard InChI is InChI=1S/C14H8S2.C8H4N2S2.C8H4S3/c1-3-7-11-9(5-1)13-14(15-11)10-6-2-4-8-12(10)16-13;1-5-8(12-3-9-5)2-6-7(1)11-4-10-6;1-3-9-7-5(1)11-6-2-4-10-8(6)7/h1-8H;1-4H;1-4H. The van der Waals surface area contributed by atoms with E-state index in [1.165, 1.54) is 57.8 Å². The summed E-state index contributed by atoms with van der Waals surface area (Å²) in [4.78, 5) is 8.49. The maximum Gasteiger partial charge on any atom is 0.0827 e. The van der Waals surface area contributed by atoms with Crippen molar-refractivity contribution in [2.24, 2.45) is 0 Å². The Morgan fingerprint density at radius 3 is 1.41 bits per heavy atom. The fourth-order valence-electron chi connectivity index (χ4n) is 4.57. The monoisotopic (exact) mass is 628 g/mol. The van der Waals surface area contributed by atoms with Crippen molar-refractivity contribution >= 4 is 148 Å². The highest BCUT2D eigenvalue weighted by molar-refractivity contribution is 7.38. The Bertz CT molecular complexity index is 2160. The Morgan fingerprint density at radius 2 is 0.897 bits per heavy atom. The molecule has 3 aromatic carbocycles. The van der Waals surface area contributed by atoms with Gasteiger partial charge in [0, 0.05) is 29.6 Å². The van der Waals surface area contributed by atoms with E-state index in [0.29, 0.717) is 0 Å². The van der Waals surface area contributed by atoms with Crippen LogP contribution in [-0.4, -0.2) is 9.97 Å². The summed E-state index contributed by atoms with van der Waals surface area (Å²) in [5.74, 6) is 0. The summed E-state index contributed by atoms with van der Waals surface area (Å²) in [5.41, 5.74) is 5.90. The highest BCUT2D eigenvalue weighted by Gasteiger charge is 2.10. The smallest absolute Gasteiger partial charge is 0.0827 e. The average molecular weight is 629 g/mol. The molecule has 0 saturated carbocycles. The largest absolute Gasteiger partial charge is 0.245 e. The number of aromatic nitrogens is 2. The number of hydrogen-bond acceptors (Lipinski definition) is 9. The first-order chi connectivity index (χ1) is 19.3. The summed E-state index contributed by atoms with van der Waals surface area (Å²) in [6.45, 7) is 0. The van der Waals surface area contributed by atoms with Gasteiger partial charge in [-0.2, -0.15) is 0 Å². The van der Waals surface area contributed by atoms with Gasteiger partial charge in [0.1, 0.15) is 0 Å². The molecule has 0 bridgehead atoms. The number of thiazole rings is 2. The van der Waals surface area contributed by atoms with Gasteiger partial charge >= 0.3 is 0 Å². The van der Waals surface area contributed by atoms with Gasteiger partial charge in [0.15, 0.2) is 0 Å². The Hall–Kier alpha value is -2.76. The van der Waals surface area contributed by atoms with E-state index in [1.807, 2.05) is 67.7 Å². The first-order valence-electron chi connectivity index (χ1n) is 12.0. The quantitative estimate of drug-likeness (QED) is 0.167. The Morgan fingerprint density at radius 1 is 0.410 bits per heavy atom. The fraction of sp³-hybridized carbons (Fsp3) is 0. The summed E-state index contributed by atoms with van der Waals surface area (Å²) in [6.07, 6.45) is 0. The highest BCUT2D eigenvalue weighted by Crippen LogP contribution is 2.44. The lowest BCUT2D eigenvalue weighted by Gasteiger charge is -1.87. The molecule has 0 fully saturated rings. The normalized spacial score (nSPS) is 11.6. The van der Waals surface area contributed by atoms with Crippen molar-refractivity contribution in [2.45, 2.75) is 0 Å². The predicted octanol–water partition coefficient (Wildman–Crippen LogP) is 12.4. The van der Waals surface area contributed by atoms with Gasteiger partial charge < -0.3 is 0 Å². The van der Waals surface area contributed by atoms with Crippen LogP contribution in [0.1, 0.15) is 0 Å². The van der Waals surface area contributed by atoms with Crippen molar-refractivity contribution in [3.05, 3.63) is 94.6 Å². The number of nitrogens with zero attached hydrogens (tertiary/aromatic N) is 2. The van der Waals surface area contributed by atoms with Crippen molar-refractivity contribution in [3.63, 3.8) is 0 Å². The van der Waals surface area contributed by atoms with Crippen molar-refractivity contribution in [1.82, 2.24) is 9.97 Å². The fourth-order valence-corrected chi connectivity index (χ4v) is 12.1. The van der Waals surface area contributed by atoms with Crippen LogP contribution in [0.25, 0.3) is 68.8 Å². The summed E-state index contributed by atoms with van der Waals surface area (Å²) >= 11 is 12.7. The molecule has 7 aromatic heterocycles. The number of hydrogen-bond donors (Lipinski definition) is 0. The Balaban J connectivity index is 0.0000000925. The third kappa shape index (κ3) is 4.29. The molecule has 188 valence electrons. The lowest BCUT2D eigenvalue weighted by atomic mass is 10.2. The first-order valence-corrected chi connectivity index (χ1v) is 18.0. The van der Waals surface area contributed by atoms with E-state index in [0.717, 1.165) is 11.0 Å². The second-order valence-corrected chi connectivity index (χ2v) is 15.5. The molecule has 9 heteroatoms. The topological polar surface area (TPSA) is 25.8 Å². The van der Waals surface area contributed by atoms with Gasteiger partial charge in [0.25, 0.3) is 0 Å². The van der Waals surface area contributed by atoms with Crippen LogP contribution in [0.2, 0.25) is 0 Å². The summed E-state index contributed by atoms with van der Waals surface area (Å²) in [6, 6.07) is 26.0. The van der Waals surface area contributed by atoms with Crippen molar-refractivity contribution < 1.29 is 0 Å². The number of rotatable bonds is 0. The second-order valence-electron chi connectivity index (χ2n) is 8.68. The minimum atomic E-state index is 1.08. The molecule has 0 amide bonds. The van der Waals surface area contributed by atoms with Gasteiger partial charge in [0.05, 0.1) is 50.3 Å². The first kappa shape index (κ1) is 24.1. The van der Waals surface area contributed by atoms with Gasteiger partial charge in [0.2, 0.25) is 0 Å². The lowest BCUT2D eigenvalue weighted by Crippen LogP contribution is -1.67. The van der Waals surface area contributed by atoms with Gasteiger partial charge in [-0.15, -0.1) is 79.4 Å². The summed E-state index contributed by atoms with van der Waals surface area (Å²) < 4.78 is 13.9. The van der Waals surface area contributed by atoms with Crippen LogP contribution in [0.15, 0.2) is 94.6 Å². The van der Waals surface area contributed by atoms with Crippen LogP contribution in [0, 0.1) is 0 Å². The maximum atomic E-state index is 4.25. The molecule has 7 heterocycles. The van der Waals surface area contributed by atoms with Crippen molar-refractivity contribution in [2.75, 3.05) is 0 Å². The van der Waals surface area contributed by atoms with Crippen LogP contribution in [0.5, 0.6) is 0 Å². The van der Waals surface area contributed by atoms with E-state index in [9.17, 15) is 0 Å². The van der Waals surface area contributed by atoms with Crippen LogP contribution >= 0.6 is 79.4 Å².